The van der Waals surface area contributed by atoms with Crippen molar-refractivity contribution in [3.63, 3.8) is 0 Å². The van der Waals surface area contributed by atoms with Crippen LogP contribution in [0.25, 0.3) is 6.08 Å². The van der Waals surface area contributed by atoms with Crippen LogP contribution in [0.15, 0.2) is 51.8 Å². The van der Waals surface area contributed by atoms with Crippen molar-refractivity contribution in [3.05, 3.63) is 59.6 Å². The van der Waals surface area contributed by atoms with Crippen LogP contribution in [0.1, 0.15) is 23.1 Å². The number of hydrogen-bond donors (Lipinski definition) is 0. The van der Waals surface area contributed by atoms with Gasteiger partial charge in [0.25, 0.3) is 0 Å². The average Bonchev–Trinajstić information content (AvgIpc) is 3.06. The Hall–Kier alpha value is -2.34. The monoisotopic (exact) mass is 331 g/mol. The molecular weight excluding hydrogens is 314 g/mol. The first-order valence-corrected chi connectivity index (χ1v) is 8.87. The summed E-state index contributed by atoms with van der Waals surface area (Å²) in [5, 5.41) is 0. The average molecular weight is 331 g/mol. The van der Waals surface area contributed by atoms with Crippen LogP contribution >= 0.6 is 0 Å². The molecule has 1 aromatic carbocycles. The Balaban J connectivity index is 1.82. The maximum absolute atomic E-state index is 12.3. The van der Waals surface area contributed by atoms with Crippen molar-refractivity contribution in [2.75, 3.05) is 12.8 Å². The summed E-state index contributed by atoms with van der Waals surface area (Å²) in [4.78, 5) is 14.1. The van der Waals surface area contributed by atoms with Crippen molar-refractivity contribution in [2.45, 2.75) is 17.9 Å². The van der Waals surface area contributed by atoms with Crippen molar-refractivity contribution >= 4 is 21.8 Å². The second-order valence-electron chi connectivity index (χ2n) is 5.57. The number of hydrogen-bond acceptors (Lipinski definition) is 4. The van der Waals surface area contributed by atoms with Crippen LogP contribution in [0.4, 0.5) is 0 Å². The van der Waals surface area contributed by atoms with Gasteiger partial charge in [-0.15, -0.1) is 0 Å². The summed E-state index contributed by atoms with van der Waals surface area (Å²) < 4.78 is 29.8. The van der Waals surface area contributed by atoms with Gasteiger partial charge in [0.2, 0.25) is 5.91 Å². The molecular formula is C17H17NO4S. The van der Waals surface area contributed by atoms with Gasteiger partial charge in [-0.2, -0.15) is 0 Å². The molecule has 1 atom stereocenters. The third kappa shape index (κ3) is 2.94. The number of amides is 1. The van der Waals surface area contributed by atoms with Gasteiger partial charge < -0.3 is 9.32 Å². The number of carbonyl (C=O) groups excluding carboxylic acids is 1. The number of sulfone groups is 1. The molecule has 0 radical (unpaired) electrons. The van der Waals surface area contributed by atoms with E-state index in [1.807, 2.05) is 13.0 Å². The fourth-order valence-electron chi connectivity index (χ4n) is 2.71. The summed E-state index contributed by atoms with van der Waals surface area (Å²) >= 11 is 0. The molecule has 1 aliphatic heterocycles. The quantitative estimate of drug-likeness (QED) is 0.811. The molecule has 6 heteroatoms. The first kappa shape index (κ1) is 15.6. The zero-order valence-corrected chi connectivity index (χ0v) is 13.7. The summed E-state index contributed by atoms with van der Waals surface area (Å²) in [7, 11) is -1.72. The third-order valence-electron chi connectivity index (χ3n) is 3.96. The second-order valence-corrected chi connectivity index (χ2v) is 7.57. The first-order chi connectivity index (χ1) is 10.9. The Morgan fingerprint density at radius 2 is 2.00 bits per heavy atom. The summed E-state index contributed by atoms with van der Waals surface area (Å²) in [5.74, 6) is 1.00. The van der Waals surface area contributed by atoms with E-state index in [4.69, 9.17) is 4.42 Å². The van der Waals surface area contributed by atoms with E-state index in [0.29, 0.717) is 16.2 Å². The van der Waals surface area contributed by atoms with Crippen LogP contribution < -0.4 is 0 Å². The van der Waals surface area contributed by atoms with Gasteiger partial charge in [-0.25, -0.2) is 8.42 Å². The summed E-state index contributed by atoms with van der Waals surface area (Å²) in [6.45, 7) is 1.83. The van der Waals surface area contributed by atoms with E-state index in [0.717, 1.165) is 5.76 Å². The Morgan fingerprint density at radius 1 is 1.26 bits per heavy atom. The number of benzene rings is 1. The van der Waals surface area contributed by atoms with Crippen LogP contribution in [0, 0.1) is 6.92 Å². The summed E-state index contributed by atoms with van der Waals surface area (Å²) in [5.41, 5.74) is 0.672. The molecule has 1 aliphatic rings. The van der Waals surface area contributed by atoms with E-state index in [2.05, 4.69) is 0 Å². The lowest BCUT2D eigenvalue weighted by Crippen LogP contribution is -2.30. The minimum atomic E-state index is -3.33. The van der Waals surface area contributed by atoms with Crippen molar-refractivity contribution in [2.24, 2.45) is 0 Å². The molecule has 0 N–H and O–H groups in total. The van der Waals surface area contributed by atoms with Crippen LogP contribution in [0.2, 0.25) is 0 Å². The molecule has 23 heavy (non-hydrogen) atoms. The maximum atomic E-state index is 12.3. The normalized spacial score (nSPS) is 19.0. The van der Waals surface area contributed by atoms with E-state index in [9.17, 15) is 13.2 Å². The molecule has 3 rings (SSSR count). The summed E-state index contributed by atoms with van der Waals surface area (Å²) in [6.07, 6.45) is 2.98. The summed E-state index contributed by atoms with van der Waals surface area (Å²) in [6, 6.07) is 9.94. The van der Waals surface area contributed by atoms with Crippen molar-refractivity contribution < 1.29 is 17.6 Å². The molecule has 2 heterocycles. The number of furan rings is 1. The molecule has 0 saturated carbocycles. The minimum Gasteiger partial charge on any atom is -0.462 e. The highest BCUT2D eigenvalue weighted by molar-refractivity contribution is 7.91. The molecule has 0 saturated heterocycles. The molecule has 1 unspecified atom stereocenters. The fourth-order valence-corrected chi connectivity index (χ4v) is 4.56. The Morgan fingerprint density at radius 3 is 2.70 bits per heavy atom. The smallest absolute Gasteiger partial charge is 0.246 e. The fraction of sp³-hybridized carbons (Fsp3) is 0.235. The van der Waals surface area contributed by atoms with Gasteiger partial charge in [-0.1, -0.05) is 18.2 Å². The topological polar surface area (TPSA) is 67.6 Å². The maximum Gasteiger partial charge on any atom is 0.246 e. The predicted molar refractivity (Wildman–Crippen MR) is 86.5 cm³/mol. The van der Waals surface area contributed by atoms with Gasteiger partial charge in [0.1, 0.15) is 11.5 Å². The number of likely N-dealkylation sites (N-methyl/N-ethyl adjacent to an activating group) is 1. The molecule has 1 amide bonds. The van der Waals surface area contributed by atoms with Gasteiger partial charge in [0.05, 0.1) is 16.7 Å². The van der Waals surface area contributed by atoms with Crippen LogP contribution in [0.5, 0.6) is 0 Å². The largest absolute Gasteiger partial charge is 0.462 e. The highest BCUT2D eigenvalue weighted by atomic mass is 32.2. The highest BCUT2D eigenvalue weighted by Gasteiger charge is 2.37. The zero-order chi connectivity index (χ0) is 16.6. The first-order valence-electron chi connectivity index (χ1n) is 7.21. The molecule has 0 fully saturated rings. The molecule has 0 aliphatic carbocycles. The lowest BCUT2D eigenvalue weighted by atomic mass is 10.1. The van der Waals surface area contributed by atoms with Gasteiger partial charge in [-0.05, 0) is 36.8 Å². The number of aryl methyl sites for hydroxylation is 1. The minimum absolute atomic E-state index is 0.0811. The zero-order valence-electron chi connectivity index (χ0n) is 12.9. The lowest BCUT2D eigenvalue weighted by molar-refractivity contribution is -0.126. The van der Waals surface area contributed by atoms with Crippen molar-refractivity contribution in [1.82, 2.24) is 4.90 Å². The van der Waals surface area contributed by atoms with Crippen LogP contribution in [-0.2, 0) is 14.6 Å². The van der Waals surface area contributed by atoms with Crippen LogP contribution in [-0.4, -0.2) is 32.0 Å². The van der Waals surface area contributed by atoms with Crippen molar-refractivity contribution in [3.8, 4) is 0 Å². The Bertz CT molecular complexity index is 880. The molecule has 1 aromatic heterocycles. The lowest BCUT2D eigenvalue weighted by Gasteiger charge is -2.23. The Kier molecular flexibility index (Phi) is 3.85. The van der Waals surface area contributed by atoms with Gasteiger partial charge in [-0.3, -0.25) is 4.79 Å². The van der Waals surface area contributed by atoms with Gasteiger partial charge in [0.15, 0.2) is 9.84 Å². The SMILES string of the molecule is Cc1ccc(/C=C/C(=O)N(C)C2CS(=O)(=O)c3ccccc32)o1. The number of carbonyl (C=O) groups is 1. The van der Waals surface area contributed by atoms with E-state index >= 15 is 0 Å². The number of nitrogens with zero attached hydrogens (tertiary/aromatic N) is 1. The van der Waals surface area contributed by atoms with E-state index in [-0.39, 0.29) is 11.7 Å². The van der Waals surface area contributed by atoms with Gasteiger partial charge >= 0.3 is 0 Å². The van der Waals surface area contributed by atoms with E-state index < -0.39 is 15.9 Å². The van der Waals surface area contributed by atoms with Gasteiger partial charge in [0, 0.05) is 13.1 Å². The van der Waals surface area contributed by atoms with Crippen molar-refractivity contribution in [1.29, 1.82) is 0 Å². The molecule has 0 bridgehead atoms. The molecule has 5 nitrogen and oxygen atoms in total. The standard InChI is InChI=1S/C17H17NO4S/c1-12-7-8-13(22-12)9-10-17(19)18(2)15-11-23(20,21)16-6-4-3-5-14(15)16/h3-10,15H,11H2,1-2H3/b10-9+. The van der Waals surface area contributed by atoms with E-state index in [1.165, 1.54) is 11.0 Å². The molecule has 120 valence electrons. The number of rotatable bonds is 3. The molecule has 2 aromatic rings. The highest BCUT2D eigenvalue weighted by Crippen LogP contribution is 2.36. The van der Waals surface area contributed by atoms with Crippen LogP contribution in [0.3, 0.4) is 0 Å². The third-order valence-corrected chi connectivity index (χ3v) is 5.75. The predicted octanol–water partition coefficient (Wildman–Crippen LogP) is 2.59. The Labute approximate surface area is 135 Å². The van der Waals surface area contributed by atoms with E-state index in [1.54, 1.807) is 43.5 Å². The molecule has 0 spiro atoms. The number of fused-ring (bicyclic) bond motifs is 1. The second kappa shape index (κ2) is 5.70.